The lowest BCUT2D eigenvalue weighted by Gasteiger charge is -2.63. The van der Waals surface area contributed by atoms with Crippen LogP contribution < -0.4 is 0 Å². The molecule has 8 rings (SSSR count). The van der Waals surface area contributed by atoms with E-state index in [4.69, 9.17) is 23.7 Å². The molecule has 8 aliphatic rings. The van der Waals surface area contributed by atoms with Gasteiger partial charge in [0.15, 0.2) is 12.4 Å². The van der Waals surface area contributed by atoms with Gasteiger partial charge < -0.3 is 44.1 Å². The van der Waals surface area contributed by atoms with Crippen molar-refractivity contribution in [2.45, 2.75) is 167 Å². The van der Waals surface area contributed by atoms with E-state index in [1.54, 1.807) is 0 Å². The lowest BCUT2D eigenvalue weighted by molar-refractivity contribution is -0.327. The minimum Gasteiger partial charge on any atom is -0.457 e. The van der Waals surface area contributed by atoms with Gasteiger partial charge in [-0.1, -0.05) is 34.6 Å². The van der Waals surface area contributed by atoms with Gasteiger partial charge in [-0.2, -0.15) is 0 Å². The Kier molecular flexibility index (Phi) is 7.03. The number of aliphatic hydroxyl groups is 4. The number of ether oxygens (including phenoxy) is 5. The Bertz CT molecular complexity index is 1320. The van der Waals surface area contributed by atoms with Crippen molar-refractivity contribution in [2.24, 2.45) is 50.7 Å². The van der Waals surface area contributed by atoms with Gasteiger partial charge in [-0.25, -0.2) is 0 Å². The molecule has 2 spiro atoms. The van der Waals surface area contributed by atoms with Gasteiger partial charge in [-0.3, -0.25) is 4.79 Å². The normalized spacial score (nSPS) is 59.8. The minimum atomic E-state index is -1.69. The van der Waals surface area contributed by atoms with E-state index in [0.717, 1.165) is 38.5 Å². The van der Waals surface area contributed by atoms with Gasteiger partial charge in [-0.05, 0) is 116 Å². The lowest BCUT2D eigenvalue weighted by atomic mass is 9.41. The van der Waals surface area contributed by atoms with Gasteiger partial charge in [0.05, 0.1) is 24.4 Å². The number of hydrogen-bond acceptors (Lipinski definition) is 10. The molecule has 8 fully saturated rings. The van der Waals surface area contributed by atoms with Crippen LogP contribution in [0.25, 0.3) is 0 Å². The number of esters is 1. The molecule has 0 radical (unpaired) electrons. The van der Waals surface area contributed by atoms with E-state index in [1.807, 2.05) is 13.8 Å². The standard InChI is InChI=1S/C37H58O10/c1-18-25-21(46-37(42)28(18)47-32(5,6)30(37)41)15-34(8)23-10-9-22-31(3,4)24(11-12-35(22)17-36(23,35)14-13-33(25,34)7)45-29-26(40)27(44-19(2)38)20(39)16-43-29/h18,20-30,39-42H,9-17H2,1-8H3. The Hall–Kier alpha value is -0.850. The van der Waals surface area contributed by atoms with Crippen LogP contribution in [0.5, 0.6) is 0 Å². The molecule has 10 nitrogen and oxygen atoms in total. The fourth-order valence-electron chi connectivity index (χ4n) is 14.3. The van der Waals surface area contributed by atoms with E-state index >= 15 is 0 Å². The molecule has 3 aliphatic heterocycles. The molecule has 0 amide bonds. The highest BCUT2D eigenvalue weighted by atomic mass is 16.7. The quantitative estimate of drug-likeness (QED) is 0.261. The largest absolute Gasteiger partial charge is 0.457 e. The maximum absolute atomic E-state index is 11.8. The van der Waals surface area contributed by atoms with Crippen LogP contribution in [0.15, 0.2) is 0 Å². The van der Waals surface area contributed by atoms with Crippen LogP contribution in [-0.4, -0.2) is 93.4 Å². The number of aliphatic hydroxyl groups excluding tert-OH is 3. The van der Waals surface area contributed by atoms with Gasteiger partial charge in [0.1, 0.15) is 24.4 Å². The number of carbonyl (C=O) groups excluding carboxylic acids is 1. The average Bonchev–Trinajstić information content (AvgIpc) is 3.53. The molecule has 3 heterocycles. The maximum atomic E-state index is 11.8. The van der Waals surface area contributed by atoms with Crippen molar-refractivity contribution in [1.82, 2.24) is 0 Å². The van der Waals surface area contributed by atoms with Crippen LogP contribution in [0, 0.1) is 50.7 Å². The molecule has 47 heavy (non-hydrogen) atoms. The first-order chi connectivity index (χ1) is 21.8. The van der Waals surface area contributed by atoms with Crippen molar-refractivity contribution in [1.29, 1.82) is 0 Å². The van der Waals surface area contributed by atoms with Gasteiger partial charge in [-0.15, -0.1) is 0 Å². The second-order valence-electron chi connectivity index (χ2n) is 18.9. The van der Waals surface area contributed by atoms with Crippen molar-refractivity contribution in [3.05, 3.63) is 0 Å². The van der Waals surface area contributed by atoms with Gasteiger partial charge in [0.2, 0.25) is 5.79 Å². The van der Waals surface area contributed by atoms with E-state index in [-0.39, 0.29) is 57.7 Å². The average molecular weight is 663 g/mol. The van der Waals surface area contributed by atoms with E-state index in [0.29, 0.717) is 11.8 Å². The van der Waals surface area contributed by atoms with Crippen molar-refractivity contribution < 1.29 is 48.9 Å². The number of hydrogen-bond donors (Lipinski definition) is 4. The van der Waals surface area contributed by atoms with Crippen molar-refractivity contribution in [3.8, 4) is 0 Å². The summed E-state index contributed by atoms with van der Waals surface area (Å²) in [6.45, 7) is 16.8. The second-order valence-corrected chi connectivity index (χ2v) is 18.9. The summed E-state index contributed by atoms with van der Waals surface area (Å²) >= 11 is 0. The highest BCUT2D eigenvalue weighted by molar-refractivity contribution is 5.66. The Labute approximate surface area is 279 Å². The monoisotopic (exact) mass is 662 g/mol. The summed E-state index contributed by atoms with van der Waals surface area (Å²) < 4.78 is 30.6. The first kappa shape index (κ1) is 33.3. The summed E-state index contributed by atoms with van der Waals surface area (Å²) in [5, 5.41) is 44.3. The predicted octanol–water partition coefficient (Wildman–Crippen LogP) is 3.69. The number of carbonyl (C=O) groups is 1. The molecule has 17 atom stereocenters. The van der Waals surface area contributed by atoms with E-state index in [2.05, 4.69) is 34.6 Å². The zero-order valence-corrected chi connectivity index (χ0v) is 29.5. The van der Waals surface area contributed by atoms with Crippen LogP contribution in [0.3, 0.4) is 0 Å². The Morgan fingerprint density at radius 2 is 1.55 bits per heavy atom. The van der Waals surface area contributed by atoms with E-state index < -0.39 is 54.2 Å². The first-order valence-corrected chi connectivity index (χ1v) is 18.4. The molecule has 10 heteroatoms. The molecule has 3 saturated heterocycles. The fraction of sp³-hybridized carbons (Fsp3) is 0.973. The first-order valence-electron chi connectivity index (χ1n) is 18.4. The summed E-state index contributed by atoms with van der Waals surface area (Å²) in [5.74, 6) is -0.900. The van der Waals surface area contributed by atoms with Crippen molar-refractivity contribution in [3.63, 3.8) is 0 Å². The van der Waals surface area contributed by atoms with Crippen LogP contribution >= 0.6 is 0 Å². The smallest absolute Gasteiger partial charge is 0.303 e. The topological polar surface area (TPSA) is 144 Å². The van der Waals surface area contributed by atoms with Crippen LogP contribution in [0.1, 0.15) is 107 Å². The molecule has 0 aromatic heterocycles. The third kappa shape index (κ3) is 3.99. The molecule has 4 N–H and O–H groups in total. The van der Waals surface area contributed by atoms with Crippen LogP contribution in [0.2, 0.25) is 0 Å². The predicted molar refractivity (Wildman–Crippen MR) is 168 cm³/mol. The van der Waals surface area contributed by atoms with Gasteiger partial charge in [0.25, 0.3) is 0 Å². The highest BCUT2D eigenvalue weighted by Crippen LogP contribution is 2.89. The third-order valence-electron chi connectivity index (χ3n) is 16.4. The summed E-state index contributed by atoms with van der Waals surface area (Å²) in [6, 6.07) is 0. The van der Waals surface area contributed by atoms with Crippen molar-refractivity contribution in [2.75, 3.05) is 6.61 Å². The van der Waals surface area contributed by atoms with Crippen molar-refractivity contribution >= 4 is 5.97 Å². The third-order valence-corrected chi connectivity index (χ3v) is 16.4. The molecule has 0 bridgehead atoms. The molecule has 5 aliphatic carbocycles. The van der Waals surface area contributed by atoms with Gasteiger partial charge >= 0.3 is 5.97 Å². The molecule has 266 valence electrons. The van der Waals surface area contributed by atoms with Crippen LogP contribution in [0.4, 0.5) is 0 Å². The molecular weight excluding hydrogens is 604 g/mol. The van der Waals surface area contributed by atoms with E-state index in [1.165, 1.54) is 19.8 Å². The fourth-order valence-corrected chi connectivity index (χ4v) is 14.3. The summed E-state index contributed by atoms with van der Waals surface area (Å²) in [7, 11) is 0. The van der Waals surface area contributed by atoms with E-state index in [9.17, 15) is 25.2 Å². The summed E-state index contributed by atoms with van der Waals surface area (Å²) in [6.07, 6.45) is 2.36. The Morgan fingerprint density at radius 1 is 0.872 bits per heavy atom. The summed E-state index contributed by atoms with van der Waals surface area (Å²) in [5.41, 5.74) is -0.410. The Balaban J connectivity index is 1.03. The molecule has 0 aromatic rings. The summed E-state index contributed by atoms with van der Waals surface area (Å²) in [4.78, 5) is 11.7. The maximum Gasteiger partial charge on any atom is 0.303 e. The molecule has 17 unspecified atom stereocenters. The molecule has 0 aromatic carbocycles. The Morgan fingerprint density at radius 3 is 2.26 bits per heavy atom. The minimum absolute atomic E-state index is 0.0410. The molecular formula is C37H58O10. The molecule has 5 saturated carbocycles. The zero-order valence-electron chi connectivity index (χ0n) is 29.5. The number of rotatable bonds is 3. The SMILES string of the molecule is CC(=O)OC1C(O)COC(OC2CCC34CC35CCC3(C)C6C(CC3(C)C5CCC4C2(C)C)OC2(O)C(OC(C)(C)C2O)C6C)C1O. The zero-order chi connectivity index (χ0) is 33.9. The number of fused-ring (bicyclic) bond motifs is 5. The second kappa shape index (κ2) is 9.93. The van der Waals surface area contributed by atoms with Gasteiger partial charge in [0, 0.05) is 6.92 Å². The van der Waals surface area contributed by atoms with Crippen LogP contribution in [-0.2, 0) is 28.5 Å². The lowest BCUT2D eigenvalue weighted by Crippen LogP contribution is -2.63. The highest BCUT2D eigenvalue weighted by Gasteiger charge is 2.84.